The number of hydrogen-bond acceptors (Lipinski definition) is 3. The van der Waals surface area contributed by atoms with E-state index in [0.717, 1.165) is 43.3 Å². The van der Waals surface area contributed by atoms with Crippen molar-refractivity contribution in [2.45, 2.75) is 19.9 Å². The Balaban J connectivity index is 1.90. The van der Waals surface area contributed by atoms with Gasteiger partial charge in [-0.2, -0.15) is 0 Å². The maximum Gasteiger partial charge on any atom is 0.133 e. The van der Waals surface area contributed by atoms with Gasteiger partial charge in [0.05, 0.1) is 5.69 Å². The van der Waals surface area contributed by atoms with Crippen molar-refractivity contribution in [1.82, 2.24) is 10.3 Å². The van der Waals surface area contributed by atoms with Gasteiger partial charge in [-0.3, -0.25) is 0 Å². The maximum absolute atomic E-state index is 13.4. The Bertz CT molecular complexity index is 612. The number of hydrogen-bond donors (Lipinski definition) is 1. The Morgan fingerprint density at radius 3 is 3.05 bits per heavy atom. The summed E-state index contributed by atoms with van der Waals surface area (Å²) in [7, 11) is 0. The highest BCUT2D eigenvalue weighted by Gasteiger charge is 2.21. The quantitative estimate of drug-likeness (QED) is 0.926. The minimum Gasteiger partial charge on any atom is -0.326 e. The molecule has 0 aliphatic carbocycles. The third-order valence-corrected chi connectivity index (χ3v) is 3.57. The fraction of sp³-hybridized carbons (Fsp3) is 0.312. The molecule has 0 unspecified atom stereocenters. The lowest BCUT2D eigenvalue weighted by atomic mass is 10.2. The van der Waals surface area contributed by atoms with E-state index in [1.54, 1.807) is 6.07 Å². The molecule has 104 valence electrons. The molecule has 3 nitrogen and oxygen atoms in total. The van der Waals surface area contributed by atoms with Gasteiger partial charge in [-0.25, -0.2) is 9.37 Å². The van der Waals surface area contributed by atoms with Crippen molar-refractivity contribution >= 4 is 11.5 Å². The third kappa shape index (κ3) is 2.51. The van der Waals surface area contributed by atoms with E-state index in [0.29, 0.717) is 0 Å². The summed E-state index contributed by atoms with van der Waals surface area (Å²) in [5, 5.41) is 3.27. The van der Waals surface area contributed by atoms with Crippen molar-refractivity contribution in [3.05, 3.63) is 53.5 Å². The average molecular weight is 271 g/mol. The van der Waals surface area contributed by atoms with E-state index >= 15 is 0 Å². The number of aromatic nitrogens is 1. The minimum atomic E-state index is -0.195. The Labute approximate surface area is 118 Å². The molecule has 1 aliphatic heterocycles. The lowest BCUT2D eigenvalue weighted by Gasteiger charge is -2.19. The first kappa shape index (κ1) is 13.1. The molecule has 0 radical (unpaired) electrons. The largest absolute Gasteiger partial charge is 0.326 e. The molecule has 2 aromatic rings. The Hall–Kier alpha value is -1.94. The molecule has 0 saturated carbocycles. The molecule has 0 atom stereocenters. The van der Waals surface area contributed by atoms with Crippen molar-refractivity contribution in [3.8, 4) is 0 Å². The molecule has 0 fully saturated rings. The first-order valence-electron chi connectivity index (χ1n) is 7.00. The van der Waals surface area contributed by atoms with Crippen molar-refractivity contribution in [1.29, 1.82) is 0 Å². The number of nitrogens with zero attached hydrogens (tertiary/aromatic N) is 2. The van der Waals surface area contributed by atoms with Crippen molar-refractivity contribution < 1.29 is 4.39 Å². The van der Waals surface area contributed by atoms with Crippen molar-refractivity contribution in [3.63, 3.8) is 0 Å². The predicted molar refractivity (Wildman–Crippen MR) is 78.7 cm³/mol. The molecule has 2 heterocycles. The second kappa shape index (κ2) is 5.59. The molecule has 1 aliphatic rings. The molecule has 0 bridgehead atoms. The molecule has 3 rings (SSSR count). The highest BCUT2D eigenvalue weighted by atomic mass is 19.1. The van der Waals surface area contributed by atoms with Crippen LogP contribution in [0.3, 0.4) is 0 Å². The fourth-order valence-corrected chi connectivity index (χ4v) is 2.56. The van der Waals surface area contributed by atoms with Gasteiger partial charge in [-0.1, -0.05) is 19.1 Å². The highest BCUT2D eigenvalue weighted by Crippen LogP contribution is 2.33. The number of halogens is 1. The molecular formula is C16H18FN3. The van der Waals surface area contributed by atoms with Crippen LogP contribution >= 0.6 is 0 Å². The molecule has 1 aromatic carbocycles. The van der Waals surface area contributed by atoms with E-state index in [1.165, 1.54) is 11.6 Å². The molecule has 1 N–H and O–H groups in total. The van der Waals surface area contributed by atoms with Gasteiger partial charge in [-0.05, 0) is 42.8 Å². The van der Waals surface area contributed by atoms with Crippen LogP contribution in [0.4, 0.5) is 15.9 Å². The third-order valence-electron chi connectivity index (χ3n) is 3.57. The summed E-state index contributed by atoms with van der Waals surface area (Å²) < 4.78 is 13.4. The summed E-state index contributed by atoms with van der Waals surface area (Å²) in [5.74, 6) is 0.698. The van der Waals surface area contributed by atoms with E-state index in [-0.39, 0.29) is 5.82 Å². The zero-order chi connectivity index (χ0) is 13.9. The van der Waals surface area contributed by atoms with Crippen LogP contribution in [0.2, 0.25) is 0 Å². The molecule has 1 aromatic heterocycles. The van der Waals surface area contributed by atoms with Crippen LogP contribution in [0.15, 0.2) is 36.4 Å². The van der Waals surface area contributed by atoms with Crippen LogP contribution in [0.1, 0.15) is 18.2 Å². The first-order valence-corrected chi connectivity index (χ1v) is 7.00. The molecule has 20 heavy (non-hydrogen) atoms. The highest BCUT2D eigenvalue weighted by molar-refractivity contribution is 5.67. The number of anilines is 2. The van der Waals surface area contributed by atoms with Gasteiger partial charge in [0.25, 0.3) is 0 Å². The topological polar surface area (TPSA) is 28.2 Å². The maximum atomic E-state index is 13.4. The van der Waals surface area contributed by atoms with E-state index < -0.39 is 0 Å². The monoisotopic (exact) mass is 271 g/mol. The van der Waals surface area contributed by atoms with Crippen LogP contribution in [-0.4, -0.2) is 18.1 Å². The Morgan fingerprint density at radius 2 is 2.20 bits per heavy atom. The second-order valence-electron chi connectivity index (χ2n) is 4.94. The van der Waals surface area contributed by atoms with E-state index in [1.807, 2.05) is 24.3 Å². The van der Waals surface area contributed by atoms with Crippen LogP contribution < -0.4 is 10.2 Å². The molecule has 0 saturated heterocycles. The lowest BCUT2D eigenvalue weighted by molar-refractivity contribution is 0.628. The Kier molecular flexibility index (Phi) is 3.65. The SMILES string of the molecule is CCNCc1cccc(N2CCc3ccc(F)cc32)n1. The smallest absolute Gasteiger partial charge is 0.133 e. The van der Waals surface area contributed by atoms with Crippen molar-refractivity contribution in [2.75, 3.05) is 18.0 Å². The number of fused-ring (bicyclic) bond motifs is 1. The number of nitrogens with one attached hydrogen (secondary N) is 1. The summed E-state index contributed by atoms with van der Waals surface area (Å²) in [6.45, 7) is 4.61. The average Bonchev–Trinajstić information content (AvgIpc) is 2.88. The zero-order valence-electron chi connectivity index (χ0n) is 11.6. The van der Waals surface area contributed by atoms with Gasteiger partial charge in [0, 0.05) is 18.8 Å². The normalized spacial score (nSPS) is 13.6. The summed E-state index contributed by atoms with van der Waals surface area (Å²) in [6, 6.07) is 11.0. The fourth-order valence-electron chi connectivity index (χ4n) is 2.56. The summed E-state index contributed by atoms with van der Waals surface area (Å²) in [4.78, 5) is 6.75. The van der Waals surface area contributed by atoms with Crippen LogP contribution in [-0.2, 0) is 13.0 Å². The minimum absolute atomic E-state index is 0.195. The number of benzene rings is 1. The molecule has 0 spiro atoms. The van der Waals surface area contributed by atoms with Gasteiger partial charge in [-0.15, -0.1) is 0 Å². The summed E-state index contributed by atoms with van der Waals surface area (Å²) >= 11 is 0. The van der Waals surface area contributed by atoms with Gasteiger partial charge in [0.15, 0.2) is 0 Å². The molecule has 0 amide bonds. The predicted octanol–water partition coefficient (Wildman–Crippen LogP) is 3.02. The van der Waals surface area contributed by atoms with E-state index in [4.69, 9.17) is 0 Å². The lowest BCUT2D eigenvalue weighted by Crippen LogP contribution is -2.17. The summed E-state index contributed by atoms with van der Waals surface area (Å²) in [6.07, 6.45) is 0.939. The van der Waals surface area contributed by atoms with Crippen molar-refractivity contribution in [2.24, 2.45) is 0 Å². The van der Waals surface area contributed by atoms with E-state index in [9.17, 15) is 4.39 Å². The second-order valence-corrected chi connectivity index (χ2v) is 4.94. The van der Waals surface area contributed by atoms with Gasteiger partial charge >= 0.3 is 0 Å². The van der Waals surface area contributed by atoms with Crippen LogP contribution in [0.25, 0.3) is 0 Å². The number of rotatable bonds is 4. The van der Waals surface area contributed by atoms with E-state index in [2.05, 4.69) is 22.1 Å². The van der Waals surface area contributed by atoms with Gasteiger partial charge < -0.3 is 10.2 Å². The van der Waals surface area contributed by atoms with Gasteiger partial charge in [0.1, 0.15) is 11.6 Å². The summed E-state index contributed by atoms with van der Waals surface area (Å²) in [5.41, 5.74) is 3.14. The van der Waals surface area contributed by atoms with Crippen LogP contribution in [0.5, 0.6) is 0 Å². The molecule has 4 heteroatoms. The standard InChI is InChI=1S/C16H18FN3/c1-2-18-11-14-4-3-5-16(19-14)20-9-8-12-6-7-13(17)10-15(12)20/h3-7,10,18H,2,8-9,11H2,1H3. The zero-order valence-corrected chi connectivity index (χ0v) is 11.6. The number of pyridine rings is 1. The Morgan fingerprint density at radius 1 is 1.30 bits per heavy atom. The van der Waals surface area contributed by atoms with Crippen LogP contribution in [0, 0.1) is 5.82 Å². The molecular weight excluding hydrogens is 253 g/mol. The van der Waals surface area contributed by atoms with Gasteiger partial charge in [0.2, 0.25) is 0 Å². The first-order chi connectivity index (χ1) is 9.78.